The number of anilines is 1. The van der Waals surface area contributed by atoms with Gasteiger partial charge in [0.15, 0.2) is 0 Å². The van der Waals surface area contributed by atoms with Crippen molar-refractivity contribution in [2.75, 3.05) is 31.7 Å². The first-order valence-electron chi connectivity index (χ1n) is 5.28. The number of likely N-dealkylation sites (N-methyl/N-ethyl adjacent to an activating group) is 1. The molecule has 0 radical (unpaired) electrons. The molecule has 0 spiro atoms. The third-order valence-corrected chi connectivity index (χ3v) is 2.25. The van der Waals surface area contributed by atoms with Crippen molar-refractivity contribution in [3.05, 3.63) is 29.8 Å². The second kappa shape index (κ2) is 6.12. The minimum Gasteiger partial charge on any atom is -0.462 e. The van der Waals surface area contributed by atoms with Gasteiger partial charge in [0.25, 0.3) is 0 Å². The number of aliphatic hydroxyl groups is 1. The molecule has 0 saturated carbocycles. The smallest absolute Gasteiger partial charge is 0.338 e. The summed E-state index contributed by atoms with van der Waals surface area (Å²) in [5.74, 6) is -0.307. The Bertz CT molecular complexity index is 335. The van der Waals surface area contributed by atoms with E-state index in [1.165, 1.54) is 0 Å². The van der Waals surface area contributed by atoms with Crippen LogP contribution in [0.15, 0.2) is 24.3 Å². The molecule has 4 heteroatoms. The van der Waals surface area contributed by atoms with Gasteiger partial charge in [-0.2, -0.15) is 0 Å². The summed E-state index contributed by atoms with van der Waals surface area (Å²) in [7, 11) is 1.88. The predicted octanol–water partition coefficient (Wildman–Crippen LogP) is 1.29. The van der Waals surface area contributed by atoms with Crippen LogP contribution in [-0.4, -0.2) is 37.9 Å². The van der Waals surface area contributed by atoms with Gasteiger partial charge in [-0.15, -0.1) is 0 Å². The third-order valence-electron chi connectivity index (χ3n) is 2.25. The molecule has 1 rings (SSSR count). The van der Waals surface area contributed by atoms with Gasteiger partial charge >= 0.3 is 5.97 Å². The summed E-state index contributed by atoms with van der Waals surface area (Å²) >= 11 is 0. The molecule has 1 N–H and O–H groups in total. The topological polar surface area (TPSA) is 49.8 Å². The number of nitrogens with zero attached hydrogens (tertiary/aromatic N) is 1. The Balaban J connectivity index is 2.71. The molecule has 0 aliphatic heterocycles. The third kappa shape index (κ3) is 3.24. The maximum absolute atomic E-state index is 11.4. The van der Waals surface area contributed by atoms with Gasteiger partial charge < -0.3 is 14.7 Å². The fourth-order valence-electron chi connectivity index (χ4n) is 1.35. The molecule has 0 fully saturated rings. The van der Waals surface area contributed by atoms with Crippen LogP contribution in [0.25, 0.3) is 0 Å². The zero-order valence-corrected chi connectivity index (χ0v) is 9.64. The minimum atomic E-state index is -0.307. The van der Waals surface area contributed by atoms with Crippen molar-refractivity contribution in [1.82, 2.24) is 0 Å². The van der Waals surface area contributed by atoms with Crippen LogP contribution in [0.1, 0.15) is 17.3 Å². The number of benzene rings is 1. The van der Waals surface area contributed by atoms with Gasteiger partial charge in [-0.25, -0.2) is 4.79 Å². The maximum Gasteiger partial charge on any atom is 0.338 e. The highest BCUT2D eigenvalue weighted by Gasteiger charge is 2.06. The SMILES string of the molecule is CCOC(=O)c1ccc(N(C)CCO)cc1. The van der Waals surface area contributed by atoms with Crippen LogP contribution in [0.5, 0.6) is 0 Å². The van der Waals surface area contributed by atoms with E-state index in [4.69, 9.17) is 9.84 Å². The van der Waals surface area contributed by atoms with Gasteiger partial charge in [0, 0.05) is 19.3 Å². The van der Waals surface area contributed by atoms with E-state index >= 15 is 0 Å². The Labute approximate surface area is 95.5 Å². The zero-order valence-electron chi connectivity index (χ0n) is 9.64. The Morgan fingerprint density at radius 2 is 2.00 bits per heavy atom. The fraction of sp³-hybridized carbons (Fsp3) is 0.417. The van der Waals surface area contributed by atoms with E-state index in [0.29, 0.717) is 18.7 Å². The highest BCUT2D eigenvalue weighted by Crippen LogP contribution is 2.14. The van der Waals surface area contributed by atoms with Gasteiger partial charge in [-0.1, -0.05) is 0 Å². The maximum atomic E-state index is 11.4. The molecule has 16 heavy (non-hydrogen) atoms. The number of hydrogen-bond donors (Lipinski definition) is 1. The van der Waals surface area contributed by atoms with Crippen molar-refractivity contribution in [2.45, 2.75) is 6.92 Å². The van der Waals surface area contributed by atoms with Crippen LogP contribution in [0.4, 0.5) is 5.69 Å². The second-order valence-electron chi connectivity index (χ2n) is 3.41. The summed E-state index contributed by atoms with van der Waals surface area (Å²) in [6, 6.07) is 7.12. The van der Waals surface area contributed by atoms with Crippen LogP contribution in [-0.2, 0) is 4.74 Å². The molecular formula is C12H17NO3. The molecule has 0 bridgehead atoms. The first kappa shape index (κ1) is 12.5. The molecule has 0 unspecified atom stereocenters. The van der Waals surface area contributed by atoms with Crippen molar-refractivity contribution in [1.29, 1.82) is 0 Å². The molecule has 0 aliphatic rings. The Hall–Kier alpha value is -1.55. The van der Waals surface area contributed by atoms with E-state index in [2.05, 4.69) is 0 Å². The zero-order chi connectivity index (χ0) is 12.0. The molecule has 0 heterocycles. The Kier molecular flexibility index (Phi) is 4.79. The average Bonchev–Trinajstić information content (AvgIpc) is 2.30. The number of carbonyl (C=O) groups is 1. The van der Waals surface area contributed by atoms with Gasteiger partial charge in [-0.05, 0) is 31.2 Å². The van der Waals surface area contributed by atoms with Crippen molar-refractivity contribution < 1.29 is 14.6 Å². The van der Waals surface area contributed by atoms with E-state index in [0.717, 1.165) is 5.69 Å². The van der Waals surface area contributed by atoms with Gasteiger partial charge in [0.1, 0.15) is 0 Å². The van der Waals surface area contributed by atoms with E-state index in [1.54, 1.807) is 19.1 Å². The summed E-state index contributed by atoms with van der Waals surface area (Å²) in [5, 5.41) is 8.79. The van der Waals surface area contributed by atoms with Crippen LogP contribution < -0.4 is 4.90 Å². The highest BCUT2D eigenvalue weighted by atomic mass is 16.5. The lowest BCUT2D eigenvalue weighted by Gasteiger charge is -2.17. The van der Waals surface area contributed by atoms with E-state index in [1.807, 2.05) is 24.1 Å². The van der Waals surface area contributed by atoms with Crippen LogP contribution in [0.3, 0.4) is 0 Å². The van der Waals surface area contributed by atoms with Crippen LogP contribution >= 0.6 is 0 Å². The van der Waals surface area contributed by atoms with Gasteiger partial charge in [0.2, 0.25) is 0 Å². The van der Waals surface area contributed by atoms with E-state index in [-0.39, 0.29) is 12.6 Å². The first-order chi connectivity index (χ1) is 7.69. The summed E-state index contributed by atoms with van der Waals surface area (Å²) < 4.78 is 4.88. The van der Waals surface area contributed by atoms with Crippen LogP contribution in [0, 0.1) is 0 Å². The van der Waals surface area contributed by atoms with Gasteiger partial charge in [-0.3, -0.25) is 0 Å². The monoisotopic (exact) mass is 223 g/mol. The number of rotatable bonds is 5. The highest BCUT2D eigenvalue weighted by molar-refractivity contribution is 5.89. The molecule has 1 aromatic carbocycles. The van der Waals surface area contributed by atoms with Crippen LogP contribution in [0.2, 0.25) is 0 Å². The molecule has 0 aromatic heterocycles. The number of hydrogen-bond acceptors (Lipinski definition) is 4. The molecule has 4 nitrogen and oxygen atoms in total. The van der Waals surface area contributed by atoms with Crippen molar-refractivity contribution in [2.24, 2.45) is 0 Å². The van der Waals surface area contributed by atoms with Crippen molar-refractivity contribution >= 4 is 11.7 Å². The first-order valence-corrected chi connectivity index (χ1v) is 5.28. The summed E-state index contributed by atoms with van der Waals surface area (Å²) in [4.78, 5) is 13.3. The normalized spacial score (nSPS) is 9.94. The summed E-state index contributed by atoms with van der Waals surface area (Å²) in [6.07, 6.45) is 0. The minimum absolute atomic E-state index is 0.107. The standard InChI is InChI=1S/C12H17NO3/c1-3-16-12(15)10-4-6-11(7-5-10)13(2)8-9-14/h4-7,14H,3,8-9H2,1-2H3. The van der Waals surface area contributed by atoms with Crippen molar-refractivity contribution in [3.63, 3.8) is 0 Å². The molecule has 0 amide bonds. The molecular weight excluding hydrogens is 206 g/mol. The Morgan fingerprint density at radius 3 is 2.50 bits per heavy atom. The lowest BCUT2D eigenvalue weighted by atomic mass is 10.2. The lowest BCUT2D eigenvalue weighted by molar-refractivity contribution is 0.0526. The Morgan fingerprint density at radius 1 is 1.38 bits per heavy atom. The molecule has 0 atom stereocenters. The quantitative estimate of drug-likeness (QED) is 0.764. The summed E-state index contributed by atoms with van der Waals surface area (Å²) in [5.41, 5.74) is 1.50. The number of aliphatic hydroxyl groups excluding tert-OH is 1. The van der Waals surface area contributed by atoms with Crippen molar-refractivity contribution in [3.8, 4) is 0 Å². The lowest BCUT2D eigenvalue weighted by Crippen LogP contribution is -2.21. The second-order valence-corrected chi connectivity index (χ2v) is 3.41. The van der Waals surface area contributed by atoms with E-state index < -0.39 is 0 Å². The predicted molar refractivity (Wildman–Crippen MR) is 62.8 cm³/mol. The van der Waals surface area contributed by atoms with Gasteiger partial charge in [0.05, 0.1) is 18.8 Å². The summed E-state index contributed by atoms with van der Waals surface area (Å²) in [6.45, 7) is 2.83. The largest absolute Gasteiger partial charge is 0.462 e. The van der Waals surface area contributed by atoms with E-state index in [9.17, 15) is 4.79 Å². The molecule has 88 valence electrons. The number of esters is 1. The number of ether oxygens (including phenoxy) is 1. The fourth-order valence-corrected chi connectivity index (χ4v) is 1.35. The molecule has 1 aromatic rings. The average molecular weight is 223 g/mol. The number of carbonyl (C=O) groups excluding carboxylic acids is 1. The molecule has 0 saturated heterocycles. The molecule has 0 aliphatic carbocycles.